The van der Waals surface area contributed by atoms with Gasteiger partial charge in [-0.05, 0) is 43.0 Å². The van der Waals surface area contributed by atoms with Crippen LogP contribution in [0.4, 0.5) is 0 Å². The normalized spacial score (nSPS) is 19.1. The number of amides is 2. The third-order valence-electron chi connectivity index (χ3n) is 6.94. The zero-order valence-electron chi connectivity index (χ0n) is 21.5. The summed E-state index contributed by atoms with van der Waals surface area (Å²) in [5.74, 6) is 1.05. The third kappa shape index (κ3) is 6.77. The Labute approximate surface area is 213 Å². The molecule has 36 heavy (non-hydrogen) atoms. The van der Waals surface area contributed by atoms with Crippen LogP contribution in [-0.2, 0) is 22.6 Å². The van der Waals surface area contributed by atoms with Gasteiger partial charge in [0.25, 0.3) is 5.91 Å². The number of hydrogen-bond acceptors (Lipinski definition) is 6. The molecule has 2 heterocycles. The molecular weight excluding hydrogens is 458 g/mol. The van der Waals surface area contributed by atoms with Gasteiger partial charge in [-0.3, -0.25) is 14.5 Å². The van der Waals surface area contributed by atoms with Crippen molar-refractivity contribution in [3.8, 4) is 11.5 Å². The van der Waals surface area contributed by atoms with Crippen molar-refractivity contribution in [3.63, 3.8) is 0 Å². The van der Waals surface area contributed by atoms with Gasteiger partial charge in [0.15, 0.2) is 0 Å². The zero-order chi connectivity index (χ0) is 25.5. The van der Waals surface area contributed by atoms with Crippen molar-refractivity contribution in [3.05, 3.63) is 59.2 Å². The maximum atomic E-state index is 13.0. The lowest BCUT2D eigenvalue weighted by Crippen LogP contribution is -2.43. The van der Waals surface area contributed by atoms with Gasteiger partial charge in [-0.1, -0.05) is 24.3 Å². The molecule has 194 valence electrons. The molecule has 2 aliphatic heterocycles. The van der Waals surface area contributed by atoms with Crippen LogP contribution in [0.15, 0.2) is 42.5 Å². The highest BCUT2D eigenvalue weighted by Gasteiger charge is 2.28. The zero-order valence-corrected chi connectivity index (χ0v) is 21.5. The third-order valence-corrected chi connectivity index (χ3v) is 6.94. The van der Waals surface area contributed by atoms with Gasteiger partial charge in [0.05, 0.1) is 26.9 Å². The second-order valence-electron chi connectivity index (χ2n) is 9.62. The summed E-state index contributed by atoms with van der Waals surface area (Å²) in [5.41, 5.74) is 2.87. The minimum absolute atomic E-state index is 0.0533. The molecule has 1 unspecified atom stereocenters. The summed E-state index contributed by atoms with van der Waals surface area (Å²) in [6, 6.07) is 13.6. The first-order valence-corrected chi connectivity index (χ1v) is 12.7. The van der Waals surface area contributed by atoms with E-state index in [1.165, 1.54) is 5.56 Å². The number of benzene rings is 2. The van der Waals surface area contributed by atoms with E-state index in [-0.39, 0.29) is 23.8 Å². The summed E-state index contributed by atoms with van der Waals surface area (Å²) in [7, 11) is 3.13. The van der Waals surface area contributed by atoms with Gasteiger partial charge in [-0.25, -0.2) is 0 Å². The van der Waals surface area contributed by atoms with Crippen LogP contribution in [0.5, 0.6) is 11.5 Å². The highest BCUT2D eigenvalue weighted by Crippen LogP contribution is 2.25. The molecule has 2 fully saturated rings. The van der Waals surface area contributed by atoms with Crippen LogP contribution in [0.25, 0.3) is 0 Å². The quantitative estimate of drug-likeness (QED) is 0.606. The van der Waals surface area contributed by atoms with E-state index in [1.807, 2.05) is 0 Å². The van der Waals surface area contributed by atoms with Crippen molar-refractivity contribution < 1.29 is 23.8 Å². The molecular formula is C28H37N3O5. The number of morpholine rings is 1. The second-order valence-corrected chi connectivity index (χ2v) is 9.62. The second kappa shape index (κ2) is 12.2. The monoisotopic (exact) mass is 495 g/mol. The molecule has 0 aromatic heterocycles. The number of methoxy groups -OCH3 is 2. The fourth-order valence-corrected chi connectivity index (χ4v) is 4.92. The molecule has 0 bridgehead atoms. The molecule has 1 N–H and O–H groups in total. The number of likely N-dealkylation sites (tertiary alicyclic amines) is 1. The highest BCUT2D eigenvalue weighted by molar-refractivity contribution is 5.95. The van der Waals surface area contributed by atoms with Crippen LogP contribution < -0.4 is 14.8 Å². The average molecular weight is 496 g/mol. The van der Waals surface area contributed by atoms with Crippen LogP contribution in [0, 0.1) is 5.92 Å². The van der Waals surface area contributed by atoms with Crippen LogP contribution in [0.1, 0.15) is 41.3 Å². The summed E-state index contributed by atoms with van der Waals surface area (Å²) in [6.45, 7) is 7.25. The van der Waals surface area contributed by atoms with Crippen LogP contribution in [-0.4, -0.2) is 74.7 Å². The lowest BCUT2D eigenvalue weighted by molar-refractivity contribution is -0.126. The molecule has 0 aliphatic carbocycles. The number of hydrogen-bond donors (Lipinski definition) is 1. The maximum absolute atomic E-state index is 13.0. The van der Waals surface area contributed by atoms with E-state index in [1.54, 1.807) is 37.3 Å². The number of carbonyl (C=O) groups excluding carboxylic acids is 2. The minimum Gasteiger partial charge on any atom is -0.497 e. The molecule has 2 aliphatic rings. The molecule has 0 spiro atoms. The Balaban J connectivity index is 1.26. The summed E-state index contributed by atoms with van der Waals surface area (Å²) in [5, 5.41) is 3.10. The fraction of sp³-hybridized carbons (Fsp3) is 0.500. The van der Waals surface area contributed by atoms with Crippen LogP contribution >= 0.6 is 0 Å². The van der Waals surface area contributed by atoms with Crippen molar-refractivity contribution in [1.29, 1.82) is 0 Å². The average Bonchev–Trinajstić information content (AvgIpc) is 2.91. The molecule has 2 aromatic rings. The summed E-state index contributed by atoms with van der Waals surface area (Å²) in [4.78, 5) is 30.1. The van der Waals surface area contributed by atoms with Gasteiger partial charge >= 0.3 is 0 Å². The van der Waals surface area contributed by atoms with Gasteiger partial charge in [0, 0.05) is 56.8 Å². The van der Waals surface area contributed by atoms with E-state index in [0.717, 1.165) is 31.8 Å². The number of carbonyl (C=O) groups is 2. The van der Waals surface area contributed by atoms with E-state index >= 15 is 0 Å². The van der Waals surface area contributed by atoms with E-state index < -0.39 is 0 Å². The van der Waals surface area contributed by atoms with Crippen molar-refractivity contribution in [2.45, 2.75) is 39.0 Å². The lowest BCUT2D eigenvalue weighted by atomic mass is 9.95. The SMILES string of the molecule is COc1cc(OC)cc(C(=O)N2CCC(C(=O)NCc3cccc(CN4CCOC(C)C4)c3)CC2)c1. The number of piperidine rings is 1. The molecule has 1 atom stereocenters. The van der Waals surface area contributed by atoms with Crippen molar-refractivity contribution >= 4 is 11.8 Å². The number of nitrogens with one attached hydrogen (secondary N) is 1. The van der Waals surface area contributed by atoms with E-state index in [0.29, 0.717) is 49.5 Å². The van der Waals surface area contributed by atoms with E-state index in [2.05, 4.69) is 41.4 Å². The molecule has 4 rings (SSSR count). The molecule has 8 heteroatoms. The number of rotatable bonds is 8. The van der Waals surface area contributed by atoms with Crippen molar-refractivity contribution in [2.24, 2.45) is 5.92 Å². The Morgan fingerprint density at radius 3 is 2.36 bits per heavy atom. The topological polar surface area (TPSA) is 80.3 Å². The lowest BCUT2D eigenvalue weighted by Gasteiger charge is -2.31. The van der Waals surface area contributed by atoms with Gasteiger partial charge in [-0.2, -0.15) is 0 Å². The Morgan fingerprint density at radius 2 is 1.69 bits per heavy atom. The molecule has 8 nitrogen and oxygen atoms in total. The Morgan fingerprint density at radius 1 is 1.00 bits per heavy atom. The Kier molecular flexibility index (Phi) is 8.83. The molecule has 2 aromatic carbocycles. The Bertz CT molecular complexity index is 1030. The van der Waals surface area contributed by atoms with Crippen LogP contribution in [0.3, 0.4) is 0 Å². The van der Waals surface area contributed by atoms with Gasteiger partial charge in [-0.15, -0.1) is 0 Å². The largest absolute Gasteiger partial charge is 0.497 e. The summed E-state index contributed by atoms with van der Waals surface area (Å²) in [6.07, 6.45) is 1.56. The maximum Gasteiger partial charge on any atom is 0.254 e. The predicted molar refractivity (Wildman–Crippen MR) is 137 cm³/mol. The van der Waals surface area contributed by atoms with Crippen LogP contribution in [0.2, 0.25) is 0 Å². The first kappa shape index (κ1) is 26.0. The smallest absolute Gasteiger partial charge is 0.254 e. The van der Waals surface area contributed by atoms with Gasteiger partial charge in [0.2, 0.25) is 5.91 Å². The minimum atomic E-state index is -0.0908. The van der Waals surface area contributed by atoms with E-state index in [9.17, 15) is 9.59 Å². The van der Waals surface area contributed by atoms with Crippen molar-refractivity contribution in [1.82, 2.24) is 15.1 Å². The summed E-state index contributed by atoms with van der Waals surface area (Å²) >= 11 is 0. The number of nitrogens with zero attached hydrogens (tertiary/aromatic N) is 2. The first-order valence-electron chi connectivity index (χ1n) is 12.7. The van der Waals surface area contributed by atoms with Gasteiger partial charge in [0.1, 0.15) is 11.5 Å². The Hall–Kier alpha value is -3.10. The first-order chi connectivity index (χ1) is 17.4. The molecule has 2 amide bonds. The summed E-state index contributed by atoms with van der Waals surface area (Å²) < 4.78 is 16.2. The number of ether oxygens (including phenoxy) is 3. The molecule has 2 saturated heterocycles. The van der Waals surface area contributed by atoms with Crippen molar-refractivity contribution in [2.75, 3.05) is 47.0 Å². The van der Waals surface area contributed by atoms with E-state index in [4.69, 9.17) is 14.2 Å². The standard InChI is InChI=1S/C28H37N3O5/c1-20-18-30(11-12-36-20)19-22-6-4-5-21(13-22)17-29-27(32)23-7-9-31(10-8-23)28(33)24-14-25(34-2)16-26(15-24)35-3/h4-6,13-16,20,23H,7-12,17-19H2,1-3H3,(H,29,32). The highest BCUT2D eigenvalue weighted by atomic mass is 16.5. The fourth-order valence-electron chi connectivity index (χ4n) is 4.92. The predicted octanol–water partition coefficient (Wildman–Crippen LogP) is 3.09. The van der Waals surface area contributed by atoms with Gasteiger partial charge < -0.3 is 24.4 Å². The molecule has 0 saturated carbocycles. The molecule has 0 radical (unpaired) electrons.